The van der Waals surface area contributed by atoms with Gasteiger partial charge in [-0.3, -0.25) is 24.0 Å². The van der Waals surface area contributed by atoms with Gasteiger partial charge in [-0.05, 0) is 56.7 Å². The monoisotopic (exact) mass is 448 g/mol. The fourth-order valence-electron chi connectivity index (χ4n) is 4.15. The molecule has 2 heterocycles. The van der Waals surface area contributed by atoms with Gasteiger partial charge in [0, 0.05) is 6.54 Å². The van der Waals surface area contributed by atoms with Gasteiger partial charge in [0.15, 0.2) is 11.4 Å². The number of benzene rings is 1. The van der Waals surface area contributed by atoms with E-state index in [0.717, 1.165) is 31.2 Å². The molecule has 33 heavy (non-hydrogen) atoms. The lowest BCUT2D eigenvalue weighted by molar-refractivity contribution is 0.0959. The van der Waals surface area contributed by atoms with Gasteiger partial charge in [-0.15, -0.1) is 0 Å². The Morgan fingerprint density at radius 3 is 2.61 bits per heavy atom. The van der Waals surface area contributed by atoms with Crippen LogP contribution in [0, 0.1) is 6.92 Å². The molecule has 1 aliphatic rings. The minimum atomic E-state index is -0.698. The van der Waals surface area contributed by atoms with Gasteiger partial charge in [-0.2, -0.15) is 0 Å². The molecule has 1 amide bonds. The molecule has 0 bridgehead atoms. The molecule has 8 nitrogen and oxygen atoms in total. The van der Waals surface area contributed by atoms with E-state index in [4.69, 9.17) is 10.2 Å². The summed E-state index contributed by atoms with van der Waals surface area (Å²) in [5, 5.41) is 0. The topological polar surface area (TPSA) is 114 Å². The number of nitrogen functional groups attached to an aromatic ring is 1. The van der Waals surface area contributed by atoms with Crippen molar-refractivity contribution in [3.63, 3.8) is 0 Å². The number of furan rings is 1. The molecule has 0 radical (unpaired) electrons. The summed E-state index contributed by atoms with van der Waals surface area (Å²) in [7, 11) is 0. The molecule has 3 N–H and O–H groups in total. The van der Waals surface area contributed by atoms with Crippen LogP contribution in [0.4, 0.5) is 11.5 Å². The summed E-state index contributed by atoms with van der Waals surface area (Å²) in [5.74, 6) is 0.178. The molecule has 3 aromatic rings. The number of rotatable bonds is 7. The van der Waals surface area contributed by atoms with Gasteiger partial charge in [-0.25, -0.2) is 4.79 Å². The highest BCUT2D eigenvalue weighted by Crippen LogP contribution is 2.25. The van der Waals surface area contributed by atoms with Crippen LogP contribution in [-0.2, 0) is 6.54 Å². The normalized spacial score (nSPS) is 13.5. The highest BCUT2D eigenvalue weighted by atomic mass is 16.3. The molecule has 172 valence electrons. The highest BCUT2D eigenvalue weighted by Gasteiger charge is 2.27. The van der Waals surface area contributed by atoms with Crippen LogP contribution in [0.5, 0.6) is 0 Å². The zero-order valence-electron chi connectivity index (χ0n) is 18.7. The van der Waals surface area contributed by atoms with E-state index in [9.17, 15) is 14.4 Å². The van der Waals surface area contributed by atoms with Gasteiger partial charge >= 0.3 is 5.69 Å². The number of nitrogens with zero attached hydrogens (tertiary/aromatic N) is 2. The number of carbonyl (C=O) groups excluding carboxylic acids is 1. The lowest BCUT2D eigenvalue weighted by atomic mass is 9.97. The van der Waals surface area contributed by atoms with E-state index >= 15 is 0 Å². The van der Waals surface area contributed by atoms with Crippen molar-refractivity contribution in [3.05, 3.63) is 92.0 Å². The predicted molar refractivity (Wildman–Crippen MR) is 128 cm³/mol. The summed E-state index contributed by atoms with van der Waals surface area (Å²) in [5.41, 5.74) is 7.10. The van der Waals surface area contributed by atoms with Crippen LogP contribution in [0.25, 0.3) is 0 Å². The Labute approximate surface area is 191 Å². The van der Waals surface area contributed by atoms with E-state index in [1.807, 2.05) is 30.3 Å². The second-order valence-corrected chi connectivity index (χ2v) is 8.29. The molecular weight excluding hydrogens is 420 g/mol. The molecule has 0 saturated carbocycles. The number of allylic oxidation sites excluding steroid dienone is 1. The van der Waals surface area contributed by atoms with Crippen molar-refractivity contribution in [2.75, 3.05) is 17.2 Å². The lowest BCUT2D eigenvalue weighted by Crippen LogP contribution is -2.41. The van der Waals surface area contributed by atoms with E-state index < -0.39 is 17.2 Å². The molecule has 0 fully saturated rings. The third kappa shape index (κ3) is 5.00. The van der Waals surface area contributed by atoms with Crippen molar-refractivity contribution in [2.24, 2.45) is 0 Å². The van der Waals surface area contributed by atoms with Crippen molar-refractivity contribution in [2.45, 2.75) is 45.6 Å². The fraction of sp³-hybridized carbons (Fsp3) is 0.320. The van der Waals surface area contributed by atoms with Crippen LogP contribution < -0.4 is 21.9 Å². The molecule has 0 saturated heterocycles. The third-order valence-electron chi connectivity index (χ3n) is 5.91. The second-order valence-electron chi connectivity index (χ2n) is 8.29. The maximum atomic E-state index is 13.4. The van der Waals surface area contributed by atoms with Crippen LogP contribution in [0.15, 0.2) is 68.1 Å². The smallest absolute Gasteiger partial charge is 0.330 e. The molecular formula is C25H28N4O4. The first kappa shape index (κ1) is 22.4. The Morgan fingerprint density at radius 2 is 1.94 bits per heavy atom. The summed E-state index contributed by atoms with van der Waals surface area (Å²) in [6.45, 7) is 2.17. The van der Waals surface area contributed by atoms with Gasteiger partial charge in [0.05, 0.1) is 6.54 Å². The number of hydrogen-bond donors (Lipinski definition) is 2. The average Bonchev–Trinajstić information content (AvgIpc) is 3.26. The van der Waals surface area contributed by atoms with Crippen LogP contribution >= 0.6 is 0 Å². The Hall–Kier alpha value is -3.81. The highest BCUT2D eigenvalue weighted by molar-refractivity contribution is 6.05. The molecule has 0 aliphatic heterocycles. The quantitative estimate of drug-likeness (QED) is 0.536. The van der Waals surface area contributed by atoms with Crippen molar-refractivity contribution >= 4 is 17.4 Å². The number of nitrogens with two attached hydrogens (primary N) is 1. The Morgan fingerprint density at radius 1 is 1.15 bits per heavy atom. The van der Waals surface area contributed by atoms with E-state index in [1.165, 1.54) is 15.0 Å². The summed E-state index contributed by atoms with van der Waals surface area (Å²) in [4.78, 5) is 42.6. The van der Waals surface area contributed by atoms with Crippen molar-refractivity contribution in [1.29, 1.82) is 0 Å². The summed E-state index contributed by atoms with van der Waals surface area (Å²) < 4.78 is 6.82. The largest absolute Gasteiger partial charge is 0.456 e. The van der Waals surface area contributed by atoms with E-state index in [0.29, 0.717) is 12.2 Å². The molecule has 2 aromatic heterocycles. The first-order valence-electron chi connectivity index (χ1n) is 11.2. The van der Waals surface area contributed by atoms with Gasteiger partial charge in [0.25, 0.3) is 11.5 Å². The summed E-state index contributed by atoms with van der Waals surface area (Å²) in [6, 6.07) is 12.6. The minimum absolute atomic E-state index is 0.0407. The average molecular weight is 449 g/mol. The predicted octanol–water partition coefficient (Wildman–Crippen LogP) is 3.61. The van der Waals surface area contributed by atoms with E-state index in [2.05, 4.69) is 11.1 Å². The standard InChI is InChI=1S/C25H28N4O4/c1-17-12-13-20(33-17)24(31)28(15-14-18-8-4-2-5-9-18)21-22(26)29(25(32)27-23(21)30)16-19-10-6-3-7-11-19/h3,6-8,10-13H,2,4-5,9,14-16,26H2,1H3,(H,27,30,32). The first-order valence-corrected chi connectivity index (χ1v) is 11.2. The number of hydrogen-bond acceptors (Lipinski definition) is 5. The summed E-state index contributed by atoms with van der Waals surface area (Å²) in [6.07, 6.45) is 7.08. The third-order valence-corrected chi connectivity index (χ3v) is 5.91. The molecule has 0 spiro atoms. The molecule has 1 aromatic carbocycles. The van der Waals surface area contributed by atoms with Crippen molar-refractivity contribution in [1.82, 2.24) is 9.55 Å². The first-order chi connectivity index (χ1) is 15.9. The lowest BCUT2D eigenvalue weighted by Gasteiger charge is -2.25. The van der Waals surface area contributed by atoms with E-state index in [1.54, 1.807) is 19.1 Å². The van der Waals surface area contributed by atoms with Gasteiger partial charge < -0.3 is 10.2 Å². The van der Waals surface area contributed by atoms with Crippen molar-refractivity contribution in [3.8, 4) is 0 Å². The second kappa shape index (κ2) is 9.77. The summed E-state index contributed by atoms with van der Waals surface area (Å²) >= 11 is 0. The van der Waals surface area contributed by atoms with Crippen LogP contribution in [-0.4, -0.2) is 22.0 Å². The molecule has 8 heteroatoms. The molecule has 1 aliphatic carbocycles. The number of aromatic amines is 1. The molecule has 0 unspecified atom stereocenters. The number of H-pyrrole nitrogens is 1. The van der Waals surface area contributed by atoms with Gasteiger partial charge in [-0.1, -0.05) is 42.0 Å². The van der Waals surface area contributed by atoms with Crippen LogP contribution in [0.2, 0.25) is 0 Å². The van der Waals surface area contributed by atoms with Crippen LogP contribution in [0.1, 0.15) is 54.0 Å². The molecule has 0 atom stereocenters. The fourth-order valence-corrected chi connectivity index (χ4v) is 4.15. The Balaban J connectivity index is 1.75. The number of nitrogens with one attached hydrogen (secondary N) is 1. The van der Waals surface area contributed by atoms with Crippen molar-refractivity contribution < 1.29 is 9.21 Å². The number of carbonyl (C=O) groups is 1. The Kier molecular flexibility index (Phi) is 6.63. The van der Waals surface area contributed by atoms with Gasteiger partial charge in [0.2, 0.25) is 0 Å². The van der Waals surface area contributed by atoms with Gasteiger partial charge in [0.1, 0.15) is 11.6 Å². The number of anilines is 2. The zero-order chi connectivity index (χ0) is 23.4. The number of amides is 1. The number of aryl methyl sites for hydroxylation is 1. The van der Waals surface area contributed by atoms with Crippen LogP contribution in [0.3, 0.4) is 0 Å². The molecule has 4 rings (SSSR count). The minimum Gasteiger partial charge on any atom is -0.456 e. The number of aromatic nitrogens is 2. The maximum Gasteiger partial charge on any atom is 0.330 e. The SMILES string of the molecule is Cc1ccc(C(=O)N(CCC2=CCCCC2)c2c(N)n(Cc3ccccc3)c(=O)[nH]c2=O)o1. The van der Waals surface area contributed by atoms with E-state index in [-0.39, 0.29) is 30.4 Å². The zero-order valence-corrected chi connectivity index (χ0v) is 18.7. The Bertz CT molecular complexity index is 1280. The maximum absolute atomic E-state index is 13.4.